The van der Waals surface area contributed by atoms with Crippen molar-refractivity contribution in [2.24, 2.45) is 0 Å². The topological polar surface area (TPSA) is 57.8 Å². The van der Waals surface area contributed by atoms with E-state index in [1.165, 1.54) is 12.1 Å². The van der Waals surface area contributed by atoms with Crippen LogP contribution in [0.2, 0.25) is 0 Å². The van der Waals surface area contributed by atoms with Crippen LogP contribution in [0.1, 0.15) is 29.9 Å². The number of carbonyl (C=O) groups excluding carboxylic acids is 1. The number of benzene rings is 1. The van der Waals surface area contributed by atoms with Gasteiger partial charge in [0.2, 0.25) is 5.91 Å². The Bertz CT molecular complexity index is 608. The van der Waals surface area contributed by atoms with Crippen LogP contribution in [-0.2, 0) is 17.4 Å². The van der Waals surface area contributed by atoms with Crippen molar-refractivity contribution >= 4 is 5.91 Å². The van der Waals surface area contributed by atoms with Gasteiger partial charge < -0.3 is 10.3 Å². The third kappa shape index (κ3) is 4.08. The standard InChI is InChI=1S/C14H14F3N3O/c1-9(13-18-5-6-19-13)20-12(21)8-10-3-2-4-11(7-10)14(15,16)17/h2-7,9H,8H2,1H3,(H,18,19)(H,20,21). The molecule has 0 aliphatic rings. The number of aromatic nitrogens is 2. The van der Waals surface area contributed by atoms with Crippen LogP contribution in [0.3, 0.4) is 0 Å². The first-order valence-corrected chi connectivity index (χ1v) is 6.31. The summed E-state index contributed by atoms with van der Waals surface area (Å²) in [5.74, 6) is 0.227. The lowest BCUT2D eigenvalue weighted by molar-refractivity contribution is -0.137. The van der Waals surface area contributed by atoms with Crippen molar-refractivity contribution in [3.63, 3.8) is 0 Å². The quantitative estimate of drug-likeness (QED) is 0.911. The number of aromatic amines is 1. The zero-order chi connectivity index (χ0) is 15.5. The van der Waals surface area contributed by atoms with Crippen LogP contribution in [0, 0.1) is 0 Å². The smallest absolute Gasteiger partial charge is 0.347 e. The van der Waals surface area contributed by atoms with Gasteiger partial charge in [-0.2, -0.15) is 13.2 Å². The number of amides is 1. The zero-order valence-electron chi connectivity index (χ0n) is 11.2. The van der Waals surface area contributed by atoms with Gasteiger partial charge in [-0.05, 0) is 18.6 Å². The molecule has 0 saturated carbocycles. The lowest BCUT2D eigenvalue weighted by atomic mass is 10.1. The Labute approximate surface area is 119 Å². The predicted molar refractivity (Wildman–Crippen MR) is 70.3 cm³/mol. The average Bonchev–Trinajstić information content (AvgIpc) is 2.91. The maximum Gasteiger partial charge on any atom is 0.416 e. The normalized spacial score (nSPS) is 13.0. The molecule has 7 heteroatoms. The van der Waals surface area contributed by atoms with Gasteiger partial charge in [0.1, 0.15) is 5.82 Å². The highest BCUT2D eigenvalue weighted by atomic mass is 19.4. The lowest BCUT2D eigenvalue weighted by Crippen LogP contribution is -2.28. The van der Waals surface area contributed by atoms with Crippen LogP contribution >= 0.6 is 0 Å². The second-order valence-corrected chi connectivity index (χ2v) is 4.64. The number of nitrogens with one attached hydrogen (secondary N) is 2. The predicted octanol–water partition coefficient (Wildman–Crippen LogP) is 2.85. The number of carbonyl (C=O) groups is 1. The molecule has 21 heavy (non-hydrogen) atoms. The van der Waals surface area contributed by atoms with Crippen molar-refractivity contribution in [2.75, 3.05) is 0 Å². The zero-order valence-corrected chi connectivity index (χ0v) is 11.2. The monoisotopic (exact) mass is 297 g/mol. The molecule has 2 aromatic rings. The van der Waals surface area contributed by atoms with Crippen LogP contribution in [0.25, 0.3) is 0 Å². The third-order valence-electron chi connectivity index (χ3n) is 2.93. The van der Waals surface area contributed by atoms with E-state index in [2.05, 4.69) is 15.3 Å². The Morgan fingerprint density at radius 3 is 2.81 bits per heavy atom. The van der Waals surface area contributed by atoms with E-state index in [4.69, 9.17) is 0 Å². The highest BCUT2D eigenvalue weighted by molar-refractivity contribution is 5.78. The molecular formula is C14H14F3N3O. The fourth-order valence-corrected chi connectivity index (χ4v) is 1.92. The first-order chi connectivity index (χ1) is 9.86. The van der Waals surface area contributed by atoms with Gasteiger partial charge in [-0.25, -0.2) is 4.98 Å². The van der Waals surface area contributed by atoms with Gasteiger partial charge in [-0.1, -0.05) is 18.2 Å². The summed E-state index contributed by atoms with van der Waals surface area (Å²) in [5, 5.41) is 2.68. The summed E-state index contributed by atoms with van der Waals surface area (Å²) < 4.78 is 37.8. The van der Waals surface area contributed by atoms with Gasteiger partial charge in [0.05, 0.1) is 18.0 Å². The SMILES string of the molecule is CC(NC(=O)Cc1cccc(C(F)(F)F)c1)c1ncc[nH]1. The van der Waals surface area contributed by atoms with E-state index in [1.54, 1.807) is 19.3 Å². The minimum Gasteiger partial charge on any atom is -0.347 e. The first-order valence-electron chi connectivity index (χ1n) is 6.31. The van der Waals surface area contributed by atoms with Crippen LogP contribution in [0.4, 0.5) is 13.2 Å². The molecule has 1 unspecified atom stereocenters. The summed E-state index contributed by atoms with van der Waals surface area (Å²) >= 11 is 0. The molecule has 0 aliphatic carbocycles. The molecule has 1 heterocycles. The third-order valence-corrected chi connectivity index (χ3v) is 2.93. The van der Waals surface area contributed by atoms with Crippen molar-refractivity contribution in [2.45, 2.75) is 25.6 Å². The van der Waals surface area contributed by atoms with Gasteiger partial charge in [0.25, 0.3) is 0 Å². The summed E-state index contributed by atoms with van der Waals surface area (Å²) in [7, 11) is 0. The molecule has 0 bridgehead atoms. The molecule has 1 amide bonds. The van der Waals surface area contributed by atoms with Crippen LogP contribution in [0.5, 0.6) is 0 Å². The van der Waals surface area contributed by atoms with Crippen LogP contribution in [-0.4, -0.2) is 15.9 Å². The van der Waals surface area contributed by atoms with Gasteiger partial charge in [-0.3, -0.25) is 4.79 Å². The number of nitrogens with zero attached hydrogens (tertiary/aromatic N) is 1. The summed E-state index contributed by atoms with van der Waals surface area (Å²) in [6.07, 6.45) is -1.33. The number of rotatable bonds is 4. The van der Waals surface area contributed by atoms with Gasteiger partial charge in [0.15, 0.2) is 0 Å². The fraction of sp³-hybridized carbons (Fsp3) is 0.286. The number of hydrogen-bond acceptors (Lipinski definition) is 2. The summed E-state index contributed by atoms with van der Waals surface area (Å²) in [6, 6.07) is 4.41. The Kier molecular flexibility index (Phi) is 4.30. The molecular weight excluding hydrogens is 283 g/mol. The van der Waals surface area contributed by atoms with E-state index in [-0.39, 0.29) is 18.4 Å². The maximum absolute atomic E-state index is 12.6. The Morgan fingerprint density at radius 2 is 2.19 bits per heavy atom. The second kappa shape index (κ2) is 5.99. The van der Waals surface area contributed by atoms with Crippen molar-refractivity contribution in [1.82, 2.24) is 15.3 Å². The summed E-state index contributed by atoms with van der Waals surface area (Å²) in [4.78, 5) is 18.7. The number of halogens is 3. The fourth-order valence-electron chi connectivity index (χ4n) is 1.92. The Hall–Kier alpha value is -2.31. The van der Waals surface area contributed by atoms with E-state index in [0.717, 1.165) is 12.1 Å². The minimum absolute atomic E-state index is 0.116. The first kappa shape index (κ1) is 15.1. The Balaban J connectivity index is 2.00. The number of alkyl halides is 3. The molecule has 2 rings (SSSR count). The molecule has 0 spiro atoms. The number of hydrogen-bond donors (Lipinski definition) is 2. The molecule has 4 nitrogen and oxygen atoms in total. The second-order valence-electron chi connectivity index (χ2n) is 4.64. The molecule has 0 aliphatic heterocycles. The van der Waals surface area contributed by atoms with E-state index in [1.807, 2.05) is 0 Å². The highest BCUT2D eigenvalue weighted by Gasteiger charge is 2.30. The summed E-state index contributed by atoms with van der Waals surface area (Å²) in [6.45, 7) is 1.74. The largest absolute Gasteiger partial charge is 0.416 e. The molecule has 1 aromatic carbocycles. The van der Waals surface area contributed by atoms with E-state index in [9.17, 15) is 18.0 Å². The Morgan fingerprint density at radius 1 is 1.43 bits per heavy atom. The van der Waals surface area contributed by atoms with Crippen molar-refractivity contribution in [1.29, 1.82) is 0 Å². The van der Waals surface area contributed by atoms with E-state index < -0.39 is 11.7 Å². The molecule has 112 valence electrons. The molecule has 2 N–H and O–H groups in total. The van der Waals surface area contributed by atoms with Gasteiger partial charge in [0, 0.05) is 12.4 Å². The van der Waals surface area contributed by atoms with Crippen LogP contribution < -0.4 is 5.32 Å². The minimum atomic E-state index is -4.41. The molecule has 0 fully saturated rings. The molecule has 0 radical (unpaired) electrons. The van der Waals surface area contributed by atoms with Gasteiger partial charge >= 0.3 is 6.18 Å². The average molecular weight is 297 g/mol. The van der Waals surface area contributed by atoms with Crippen molar-refractivity contribution in [3.05, 3.63) is 53.6 Å². The summed E-state index contributed by atoms with van der Waals surface area (Å²) in [5.41, 5.74) is -0.444. The van der Waals surface area contributed by atoms with Crippen LogP contribution in [0.15, 0.2) is 36.7 Å². The van der Waals surface area contributed by atoms with Crippen molar-refractivity contribution in [3.8, 4) is 0 Å². The van der Waals surface area contributed by atoms with Crippen molar-refractivity contribution < 1.29 is 18.0 Å². The molecule has 1 atom stereocenters. The highest BCUT2D eigenvalue weighted by Crippen LogP contribution is 2.29. The number of imidazole rings is 1. The lowest BCUT2D eigenvalue weighted by Gasteiger charge is -2.12. The maximum atomic E-state index is 12.6. The van der Waals surface area contributed by atoms with E-state index in [0.29, 0.717) is 11.4 Å². The van der Waals surface area contributed by atoms with E-state index >= 15 is 0 Å². The molecule has 0 saturated heterocycles. The van der Waals surface area contributed by atoms with Gasteiger partial charge in [-0.15, -0.1) is 0 Å². The number of H-pyrrole nitrogens is 1. The molecule has 1 aromatic heterocycles.